The van der Waals surface area contributed by atoms with Crippen LogP contribution < -0.4 is 0 Å². The summed E-state index contributed by atoms with van der Waals surface area (Å²) in [6, 6.07) is 0. The van der Waals surface area contributed by atoms with E-state index < -0.39 is 9.84 Å². The van der Waals surface area contributed by atoms with Crippen molar-refractivity contribution in [3.63, 3.8) is 0 Å². The highest BCUT2D eigenvalue weighted by Gasteiger charge is 2.24. The molecule has 1 aliphatic heterocycles. The van der Waals surface area contributed by atoms with Gasteiger partial charge in [0.2, 0.25) is 0 Å². The largest absolute Gasteiger partial charge is 0.224 e. The molecule has 9 heavy (non-hydrogen) atoms. The standard InChI is InChI=1S/C5H7ClO2S/c1-4-2-9(7,8)3-5(4)6/h2,5H,3H2,1H3/t5-/m1/s1. The van der Waals surface area contributed by atoms with E-state index in [9.17, 15) is 8.42 Å². The summed E-state index contributed by atoms with van der Waals surface area (Å²) in [4.78, 5) is 0. The Morgan fingerprint density at radius 1 is 1.78 bits per heavy atom. The number of allylic oxidation sites excluding steroid dienone is 1. The van der Waals surface area contributed by atoms with E-state index in [1.165, 1.54) is 5.41 Å². The Hall–Kier alpha value is -0.0200. The van der Waals surface area contributed by atoms with Crippen molar-refractivity contribution in [2.75, 3.05) is 5.75 Å². The fourth-order valence-electron chi connectivity index (χ4n) is 0.741. The van der Waals surface area contributed by atoms with Crippen LogP contribution in [-0.2, 0) is 9.84 Å². The van der Waals surface area contributed by atoms with Crippen molar-refractivity contribution in [3.8, 4) is 0 Å². The van der Waals surface area contributed by atoms with Crippen LogP contribution in [0.25, 0.3) is 0 Å². The first-order chi connectivity index (χ1) is 4.01. The normalized spacial score (nSPS) is 32.2. The maximum Gasteiger partial charge on any atom is 0.173 e. The van der Waals surface area contributed by atoms with E-state index in [1.807, 2.05) is 0 Å². The SMILES string of the molecule is CC1=CS(=O)(=O)C[C@H]1Cl. The molecular weight excluding hydrogens is 160 g/mol. The molecule has 0 fully saturated rings. The van der Waals surface area contributed by atoms with Crippen molar-refractivity contribution in [2.24, 2.45) is 0 Å². The third-order valence-electron chi connectivity index (χ3n) is 1.24. The smallest absolute Gasteiger partial charge is 0.173 e. The minimum absolute atomic E-state index is 0.0698. The molecule has 0 radical (unpaired) electrons. The Kier molecular flexibility index (Phi) is 1.57. The molecule has 0 aromatic carbocycles. The van der Waals surface area contributed by atoms with Gasteiger partial charge in [-0.25, -0.2) is 8.42 Å². The number of halogens is 1. The molecule has 52 valence electrons. The fraction of sp³-hybridized carbons (Fsp3) is 0.600. The van der Waals surface area contributed by atoms with Crippen LogP contribution in [0, 0.1) is 0 Å². The van der Waals surface area contributed by atoms with Crippen LogP contribution in [0.5, 0.6) is 0 Å². The van der Waals surface area contributed by atoms with Crippen LogP contribution in [-0.4, -0.2) is 19.5 Å². The molecule has 0 saturated heterocycles. The Labute approximate surface area is 59.4 Å². The van der Waals surface area contributed by atoms with Gasteiger partial charge in [-0.1, -0.05) is 0 Å². The molecule has 0 aromatic rings. The van der Waals surface area contributed by atoms with Gasteiger partial charge in [0.25, 0.3) is 0 Å². The zero-order valence-corrected chi connectivity index (χ0v) is 6.54. The van der Waals surface area contributed by atoms with E-state index in [2.05, 4.69) is 0 Å². The average molecular weight is 167 g/mol. The number of rotatable bonds is 0. The quantitative estimate of drug-likeness (QED) is 0.502. The van der Waals surface area contributed by atoms with Crippen LogP contribution in [0.4, 0.5) is 0 Å². The summed E-state index contributed by atoms with van der Waals surface area (Å²) >= 11 is 5.60. The number of alkyl halides is 1. The van der Waals surface area contributed by atoms with Gasteiger partial charge in [0.15, 0.2) is 9.84 Å². The third-order valence-corrected chi connectivity index (χ3v) is 3.45. The monoisotopic (exact) mass is 166 g/mol. The van der Waals surface area contributed by atoms with Gasteiger partial charge in [-0.3, -0.25) is 0 Å². The molecule has 1 heterocycles. The second kappa shape index (κ2) is 1.99. The minimum Gasteiger partial charge on any atom is -0.224 e. The first kappa shape index (κ1) is 7.09. The van der Waals surface area contributed by atoms with Gasteiger partial charge in [-0.05, 0) is 12.5 Å². The van der Waals surface area contributed by atoms with Gasteiger partial charge in [0, 0.05) is 5.41 Å². The molecule has 0 bridgehead atoms. The lowest BCUT2D eigenvalue weighted by Crippen LogP contribution is -2.05. The van der Waals surface area contributed by atoms with Crippen LogP contribution >= 0.6 is 11.6 Å². The van der Waals surface area contributed by atoms with Crippen LogP contribution in [0.3, 0.4) is 0 Å². The second-order valence-corrected chi connectivity index (χ2v) is 4.58. The van der Waals surface area contributed by atoms with E-state index in [-0.39, 0.29) is 11.1 Å². The minimum atomic E-state index is -2.94. The van der Waals surface area contributed by atoms with Crippen LogP contribution in [0.15, 0.2) is 11.0 Å². The Bertz CT molecular complexity index is 240. The highest BCUT2D eigenvalue weighted by atomic mass is 35.5. The predicted molar refractivity (Wildman–Crippen MR) is 37.2 cm³/mol. The van der Waals surface area contributed by atoms with Crippen molar-refractivity contribution < 1.29 is 8.42 Å². The Morgan fingerprint density at radius 2 is 2.33 bits per heavy atom. The zero-order valence-electron chi connectivity index (χ0n) is 4.96. The molecule has 2 nitrogen and oxygen atoms in total. The van der Waals surface area contributed by atoms with E-state index in [0.717, 1.165) is 5.57 Å². The maximum absolute atomic E-state index is 10.7. The summed E-state index contributed by atoms with van der Waals surface area (Å²) in [5.41, 5.74) is 0.747. The van der Waals surface area contributed by atoms with Gasteiger partial charge in [-0.2, -0.15) is 0 Å². The average Bonchev–Trinajstić information content (AvgIpc) is 1.79. The molecule has 1 rings (SSSR count). The summed E-state index contributed by atoms with van der Waals surface area (Å²) in [5.74, 6) is 0.0698. The molecule has 0 saturated carbocycles. The highest BCUT2D eigenvalue weighted by Crippen LogP contribution is 2.20. The molecule has 0 unspecified atom stereocenters. The first-order valence-corrected chi connectivity index (χ1v) is 4.71. The molecule has 0 aromatic heterocycles. The molecule has 0 aliphatic carbocycles. The lowest BCUT2D eigenvalue weighted by Gasteiger charge is -1.94. The Morgan fingerprint density at radius 3 is 2.44 bits per heavy atom. The van der Waals surface area contributed by atoms with Gasteiger partial charge in [0.05, 0.1) is 11.1 Å². The van der Waals surface area contributed by atoms with Crippen LogP contribution in [0.1, 0.15) is 6.92 Å². The fourth-order valence-corrected chi connectivity index (χ4v) is 2.90. The predicted octanol–water partition coefficient (Wildman–Crippen LogP) is 0.926. The van der Waals surface area contributed by atoms with Gasteiger partial charge >= 0.3 is 0 Å². The first-order valence-electron chi connectivity index (χ1n) is 2.56. The van der Waals surface area contributed by atoms with E-state index in [1.54, 1.807) is 6.92 Å². The van der Waals surface area contributed by atoms with Crippen molar-refractivity contribution in [3.05, 3.63) is 11.0 Å². The van der Waals surface area contributed by atoms with Crippen LogP contribution in [0.2, 0.25) is 0 Å². The van der Waals surface area contributed by atoms with E-state index in [4.69, 9.17) is 11.6 Å². The molecule has 0 spiro atoms. The van der Waals surface area contributed by atoms with Gasteiger partial charge in [-0.15, -0.1) is 11.6 Å². The lowest BCUT2D eigenvalue weighted by molar-refractivity contribution is 0.606. The summed E-state index contributed by atoms with van der Waals surface area (Å²) in [6.07, 6.45) is 0. The summed E-state index contributed by atoms with van der Waals surface area (Å²) in [5, 5.41) is 0.944. The molecule has 1 atom stereocenters. The number of sulfone groups is 1. The molecule has 1 aliphatic rings. The highest BCUT2D eigenvalue weighted by molar-refractivity contribution is 7.94. The molecule has 0 amide bonds. The van der Waals surface area contributed by atoms with Crippen molar-refractivity contribution in [1.29, 1.82) is 0 Å². The molecular formula is C5H7ClO2S. The summed E-state index contributed by atoms with van der Waals surface area (Å²) < 4.78 is 21.4. The summed E-state index contributed by atoms with van der Waals surface area (Å²) in [6.45, 7) is 1.72. The maximum atomic E-state index is 10.7. The third kappa shape index (κ3) is 1.46. The van der Waals surface area contributed by atoms with Crippen molar-refractivity contribution in [2.45, 2.75) is 12.3 Å². The number of hydrogen-bond acceptors (Lipinski definition) is 2. The number of hydrogen-bond donors (Lipinski definition) is 0. The van der Waals surface area contributed by atoms with E-state index >= 15 is 0 Å². The molecule has 0 N–H and O–H groups in total. The lowest BCUT2D eigenvalue weighted by atomic mass is 10.3. The van der Waals surface area contributed by atoms with Gasteiger partial charge in [0.1, 0.15) is 0 Å². The van der Waals surface area contributed by atoms with Crippen molar-refractivity contribution >= 4 is 21.4 Å². The topological polar surface area (TPSA) is 34.1 Å². The van der Waals surface area contributed by atoms with E-state index in [0.29, 0.717) is 0 Å². The zero-order chi connectivity index (χ0) is 7.07. The van der Waals surface area contributed by atoms with Crippen molar-refractivity contribution in [1.82, 2.24) is 0 Å². The Balaban J connectivity index is 3.01. The second-order valence-electron chi connectivity index (χ2n) is 2.16. The summed E-state index contributed by atoms with van der Waals surface area (Å²) in [7, 11) is -2.94. The molecule has 4 heteroatoms. The van der Waals surface area contributed by atoms with Gasteiger partial charge < -0.3 is 0 Å².